The Balaban J connectivity index is 3.74. The van der Waals surface area contributed by atoms with E-state index in [1.165, 1.54) is 51.4 Å². The van der Waals surface area contributed by atoms with Crippen LogP contribution >= 0.6 is 7.60 Å². The fraction of sp³-hybridized carbons (Fsp3) is 0.895. The number of allylic oxidation sites excluding steroid dienone is 1. The van der Waals surface area contributed by atoms with Gasteiger partial charge in [-0.15, -0.1) is 6.58 Å². The Hall–Kier alpha value is -0.110. The first kappa shape index (κ1) is 22.9. The third-order valence-electron chi connectivity index (χ3n) is 3.92. The molecule has 138 valence electrons. The van der Waals surface area contributed by atoms with E-state index in [0.717, 1.165) is 25.7 Å². The second-order valence-electron chi connectivity index (χ2n) is 6.28. The molecule has 0 aliphatic carbocycles. The zero-order valence-corrected chi connectivity index (χ0v) is 16.5. The molecule has 0 aromatic heterocycles. The van der Waals surface area contributed by atoms with Gasteiger partial charge in [0.2, 0.25) is 0 Å². The van der Waals surface area contributed by atoms with Crippen LogP contribution in [-0.2, 0) is 13.6 Å². The van der Waals surface area contributed by atoms with Gasteiger partial charge in [-0.3, -0.25) is 4.57 Å². The summed E-state index contributed by atoms with van der Waals surface area (Å²) in [5.74, 6) is 0. The van der Waals surface area contributed by atoms with Gasteiger partial charge in [0.1, 0.15) is 0 Å². The molecular formula is C19H39O3P. The predicted octanol–water partition coefficient (Wildman–Crippen LogP) is 7.12. The van der Waals surface area contributed by atoms with Crippen LogP contribution in [0.15, 0.2) is 12.7 Å². The topological polar surface area (TPSA) is 35.5 Å². The number of hydrogen-bond donors (Lipinski definition) is 0. The molecule has 0 aromatic carbocycles. The largest absolute Gasteiger partial charge is 0.334 e. The minimum Gasteiger partial charge on any atom is -0.308 e. The van der Waals surface area contributed by atoms with Crippen LogP contribution < -0.4 is 0 Å². The molecule has 0 saturated carbocycles. The van der Waals surface area contributed by atoms with E-state index in [9.17, 15) is 4.57 Å². The van der Waals surface area contributed by atoms with Gasteiger partial charge < -0.3 is 9.05 Å². The van der Waals surface area contributed by atoms with Crippen molar-refractivity contribution >= 4 is 7.60 Å². The summed E-state index contributed by atoms with van der Waals surface area (Å²) in [5, 5.41) is 0. The first-order chi connectivity index (χ1) is 11.2. The Morgan fingerprint density at radius 3 is 1.52 bits per heavy atom. The van der Waals surface area contributed by atoms with Crippen molar-refractivity contribution in [2.75, 3.05) is 19.4 Å². The van der Waals surface area contributed by atoms with Crippen molar-refractivity contribution in [2.45, 2.75) is 90.9 Å². The van der Waals surface area contributed by atoms with Gasteiger partial charge in [-0.2, -0.15) is 0 Å². The second kappa shape index (κ2) is 16.7. The molecule has 0 bridgehead atoms. The molecule has 3 nitrogen and oxygen atoms in total. The average molecular weight is 346 g/mol. The van der Waals surface area contributed by atoms with E-state index < -0.39 is 7.60 Å². The molecule has 0 aromatic rings. The maximum Gasteiger partial charge on any atom is 0.334 e. The molecule has 0 amide bonds. The summed E-state index contributed by atoms with van der Waals surface area (Å²) in [4.78, 5) is 0. The molecule has 0 spiro atoms. The Morgan fingerprint density at radius 1 is 0.739 bits per heavy atom. The lowest BCUT2D eigenvalue weighted by Crippen LogP contribution is -2.02. The van der Waals surface area contributed by atoms with Crippen LogP contribution in [0, 0.1) is 0 Å². The maximum atomic E-state index is 12.6. The highest BCUT2D eigenvalue weighted by Crippen LogP contribution is 2.48. The summed E-state index contributed by atoms with van der Waals surface area (Å²) < 4.78 is 23.7. The van der Waals surface area contributed by atoms with E-state index in [1.54, 1.807) is 6.08 Å². The Bertz CT molecular complexity index is 283. The first-order valence-corrected chi connectivity index (χ1v) is 11.4. The zero-order chi connectivity index (χ0) is 17.2. The molecule has 0 aliphatic rings. The fourth-order valence-electron chi connectivity index (χ4n) is 2.47. The smallest absolute Gasteiger partial charge is 0.308 e. The van der Waals surface area contributed by atoms with Crippen LogP contribution in [0.2, 0.25) is 0 Å². The third-order valence-corrected chi connectivity index (χ3v) is 5.78. The number of hydrogen-bond acceptors (Lipinski definition) is 3. The Kier molecular flexibility index (Phi) is 16.7. The molecular weight excluding hydrogens is 307 g/mol. The lowest BCUT2D eigenvalue weighted by atomic mass is 10.1. The van der Waals surface area contributed by atoms with E-state index in [2.05, 4.69) is 20.4 Å². The number of unbranched alkanes of at least 4 members (excludes halogenated alkanes) is 10. The van der Waals surface area contributed by atoms with Crippen LogP contribution in [0.3, 0.4) is 0 Å². The maximum absolute atomic E-state index is 12.6. The summed E-state index contributed by atoms with van der Waals surface area (Å²) in [5.41, 5.74) is 0. The molecule has 4 heteroatoms. The third kappa shape index (κ3) is 15.2. The second-order valence-corrected chi connectivity index (χ2v) is 8.39. The van der Waals surface area contributed by atoms with E-state index in [1.807, 2.05) is 0 Å². The standard InChI is InChI=1S/C19H39O3P/c1-4-7-9-11-13-15-17-21-23(20,19-6-3)22-18-16-14-12-10-8-5-2/h6H,3-5,7-19H2,1-2H3. The van der Waals surface area contributed by atoms with Crippen LogP contribution in [0.1, 0.15) is 90.9 Å². The van der Waals surface area contributed by atoms with E-state index in [0.29, 0.717) is 19.4 Å². The zero-order valence-electron chi connectivity index (χ0n) is 15.6. The van der Waals surface area contributed by atoms with E-state index >= 15 is 0 Å². The van der Waals surface area contributed by atoms with Gasteiger partial charge in [-0.25, -0.2) is 0 Å². The monoisotopic (exact) mass is 346 g/mol. The van der Waals surface area contributed by atoms with Crippen LogP contribution in [0.4, 0.5) is 0 Å². The van der Waals surface area contributed by atoms with Crippen molar-refractivity contribution in [3.05, 3.63) is 12.7 Å². The lowest BCUT2D eigenvalue weighted by Gasteiger charge is -2.17. The van der Waals surface area contributed by atoms with Gasteiger partial charge in [0.25, 0.3) is 0 Å². The van der Waals surface area contributed by atoms with Crippen LogP contribution in [-0.4, -0.2) is 19.4 Å². The van der Waals surface area contributed by atoms with Crippen molar-refractivity contribution in [3.63, 3.8) is 0 Å². The minimum absolute atomic E-state index is 0.318. The van der Waals surface area contributed by atoms with Gasteiger partial charge in [-0.05, 0) is 12.8 Å². The lowest BCUT2D eigenvalue weighted by molar-refractivity contribution is 0.199. The van der Waals surface area contributed by atoms with Crippen molar-refractivity contribution in [1.29, 1.82) is 0 Å². The first-order valence-electron chi connectivity index (χ1n) is 9.67. The molecule has 0 N–H and O–H groups in total. The van der Waals surface area contributed by atoms with Gasteiger partial charge in [-0.1, -0.05) is 84.1 Å². The molecule has 0 unspecified atom stereocenters. The van der Waals surface area contributed by atoms with Gasteiger partial charge >= 0.3 is 7.60 Å². The van der Waals surface area contributed by atoms with Crippen molar-refractivity contribution in [3.8, 4) is 0 Å². The molecule has 0 rings (SSSR count). The van der Waals surface area contributed by atoms with Crippen molar-refractivity contribution in [2.24, 2.45) is 0 Å². The summed E-state index contributed by atoms with van der Waals surface area (Å²) in [6, 6.07) is 0. The molecule has 23 heavy (non-hydrogen) atoms. The highest BCUT2D eigenvalue weighted by atomic mass is 31.2. The van der Waals surface area contributed by atoms with Gasteiger partial charge in [0, 0.05) is 0 Å². The summed E-state index contributed by atoms with van der Waals surface area (Å²) in [7, 11) is -2.96. The van der Waals surface area contributed by atoms with E-state index in [-0.39, 0.29) is 0 Å². The normalized spacial score (nSPS) is 11.7. The number of rotatable bonds is 18. The Labute approximate surface area is 144 Å². The van der Waals surface area contributed by atoms with Crippen LogP contribution in [0.25, 0.3) is 0 Å². The predicted molar refractivity (Wildman–Crippen MR) is 101 cm³/mol. The van der Waals surface area contributed by atoms with E-state index in [4.69, 9.17) is 9.05 Å². The molecule has 0 heterocycles. The summed E-state index contributed by atoms with van der Waals surface area (Å²) in [6.07, 6.45) is 16.4. The molecule has 0 fully saturated rings. The van der Waals surface area contributed by atoms with Crippen molar-refractivity contribution in [1.82, 2.24) is 0 Å². The average Bonchev–Trinajstić information content (AvgIpc) is 2.53. The minimum atomic E-state index is -2.96. The quantitative estimate of drug-likeness (QED) is 0.150. The van der Waals surface area contributed by atoms with Crippen molar-refractivity contribution < 1.29 is 13.6 Å². The summed E-state index contributed by atoms with van der Waals surface area (Å²) in [6.45, 7) is 9.18. The summed E-state index contributed by atoms with van der Waals surface area (Å²) >= 11 is 0. The fourth-order valence-corrected chi connectivity index (χ4v) is 3.89. The Morgan fingerprint density at radius 2 is 1.13 bits per heavy atom. The highest BCUT2D eigenvalue weighted by molar-refractivity contribution is 7.54. The van der Waals surface area contributed by atoms with Gasteiger partial charge in [0.15, 0.2) is 0 Å². The van der Waals surface area contributed by atoms with Crippen LogP contribution in [0.5, 0.6) is 0 Å². The van der Waals surface area contributed by atoms with Gasteiger partial charge in [0.05, 0.1) is 19.4 Å². The molecule has 0 atom stereocenters. The molecule has 0 radical (unpaired) electrons. The molecule has 0 saturated heterocycles. The molecule has 0 aliphatic heterocycles. The highest BCUT2D eigenvalue weighted by Gasteiger charge is 2.22. The SMILES string of the molecule is C=CCP(=O)(OCCCCCCCC)OCCCCCCCC.